The van der Waals surface area contributed by atoms with Crippen molar-refractivity contribution in [3.05, 3.63) is 93.1 Å². The average Bonchev–Trinajstić information content (AvgIpc) is 3.18. The van der Waals surface area contributed by atoms with Crippen molar-refractivity contribution >= 4 is 41.0 Å². The Hall–Kier alpha value is -3.16. The molecule has 4 rings (SSSR count). The Labute approximate surface area is 213 Å². The van der Waals surface area contributed by atoms with E-state index in [0.717, 1.165) is 23.2 Å². The number of ether oxygens (including phenoxy) is 2. The molecule has 0 spiro atoms. The molecule has 0 radical (unpaired) electrons. The van der Waals surface area contributed by atoms with Crippen LogP contribution >= 0.6 is 23.4 Å². The Morgan fingerprint density at radius 3 is 2.46 bits per heavy atom. The molecule has 0 aromatic heterocycles. The molecule has 1 atom stereocenters. The number of thioether (sulfide) groups is 1. The zero-order chi connectivity index (χ0) is 24.8. The number of benzene rings is 3. The Kier molecular flexibility index (Phi) is 8.21. The highest BCUT2D eigenvalue weighted by Gasteiger charge is 2.27. The lowest BCUT2D eigenvalue weighted by atomic mass is 10.1. The van der Waals surface area contributed by atoms with E-state index in [1.54, 1.807) is 30.3 Å². The van der Waals surface area contributed by atoms with Gasteiger partial charge < -0.3 is 20.1 Å². The number of amides is 1. The van der Waals surface area contributed by atoms with E-state index in [1.807, 2.05) is 19.1 Å². The van der Waals surface area contributed by atoms with Crippen LogP contribution in [0.4, 0.5) is 10.1 Å². The van der Waals surface area contributed by atoms with Gasteiger partial charge in [0, 0.05) is 5.69 Å². The van der Waals surface area contributed by atoms with Crippen molar-refractivity contribution in [1.82, 2.24) is 5.32 Å². The fourth-order valence-corrected chi connectivity index (χ4v) is 4.77. The fourth-order valence-electron chi connectivity index (χ4n) is 3.52. The van der Waals surface area contributed by atoms with Gasteiger partial charge >= 0.3 is 0 Å². The number of nitrogens with one attached hydrogen (secondary N) is 2. The van der Waals surface area contributed by atoms with Gasteiger partial charge in [-0.1, -0.05) is 54.6 Å². The van der Waals surface area contributed by atoms with Crippen molar-refractivity contribution in [1.29, 1.82) is 0 Å². The molecule has 35 heavy (non-hydrogen) atoms. The second kappa shape index (κ2) is 11.5. The number of anilines is 1. The molecule has 3 aromatic carbocycles. The molecule has 5 nitrogen and oxygen atoms in total. The Morgan fingerprint density at radius 1 is 1.06 bits per heavy atom. The second-order valence-corrected chi connectivity index (χ2v) is 9.41. The summed E-state index contributed by atoms with van der Waals surface area (Å²) in [5.41, 5.74) is 3.44. The van der Waals surface area contributed by atoms with Gasteiger partial charge in [0.2, 0.25) is 0 Å². The molecule has 182 valence electrons. The maximum atomic E-state index is 13.2. The quantitative estimate of drug-likeness (QED) is 0.315. The Balaban J connectivity index is 1.48. The highest BCUT2D eigenvalue weighted by atomic mass is 35.5. The van der Waals surface area contributed by atoms with Gasteiger partial charge in [0.05, 0.1) is 16.5 Å². The number of carbonyl (C=O) groups is 1. The third-order valence-electron chi connectivity index (χ3n) is 5.32. The standard InChI is InChI=1S/C27H26ClFN2O3S/c1-3-17-7-11-21(12-8-17)30-27-31-26(32)24(35-27)15-19-13-22(28)25(23(14-19)33-4-2)34-16-18-5-9-20(29)10-6-18/h5-15,27,30H,3-4,16H2,1-2H3,(H,31,32)/b24-15-/t27-/m0/s1. The first-order chi connectivity index (χ1) is 16.9. The monoisotopic (exact) mass is 512 g/mol. The molecule has 0 saturated carbocycles. The van der Waals surface area contributed by atoms with Gasteiger partial charge in [0.1, 0.15) is 12.4 Å². The zero-order valence-corrected chi connectivity index (χ0v) is 21.0. The van der Waals surface area contributed by atoms with Gasteiger partial charge in [0.25, 0.3) is 5.91 Å². The Morgan fingerprint density at radius 2 is 1.77 bits per heavy atom. The van der Waals surface area contributed by atoms with Crippen LogP contribution in [0.3, 0.4) is 0 Å². The summed E-state index contributed by atoms with van der Waals surface area (Å²) in [5, 5.41) is 6.62. The third-order valence-corrected chi connectivity index (χ3v) is 6.63. The summed E-state index contributed by atoms with van der Waals surface area (Å²) >= 11 is 7.93. The molecular weight excluding hydrogens is 487 g/mol. The molecular formula is C27H26ClFN2O3S. The van der Waals surface area contributed by atoms with Crippen molar-refractivity contribution in [2.75, 3.05) is 11.9 Å². The molecule has 8 heteroatoms. The summed E-state index contributed by atoms with van der Waals surface area (Å²) in [6.45, 7) is 4.61. The van der Waals surface area contributed by atoms with E-state index in [4.69, 9.17) is 21.1 Å². The predicted octanol–water partition coefficient (Wildman–Crippen LogP) is 6.62. The summed E-state index contributed by atoms with van der Waals surface area (Å²) < 4.78 is 24.8. The smallest absolute Gasteiger partial charge is 0.260 e. The molecule has 3 aromatic rings. The maximum absolute atomic E-state index is 13.2. The number of hydrogen-bond acceptors (Lipinski definition) is 5. The van der Waals surface area contributed by atoms with Crippen molar-refractivity contribution < 1.29 is 18.7 Å². The largest absolute Gasteiger partial charge is 0.490 e. The fraction of sp³-hybridized carbons (Fsp3) is 0.222. The summed E-state index contributed by atoms with van der Waals surface area (Å²) in [6, 6.07) is 17.7. The van der Waals surface area contributed by atoms with Crippen molar-refractivity contribution in [2.45, 2.75) is 32.4 Å². The highest BCUT2D eigenvalue weighted by molar-refractivity contribution is 8.05. The first-order valence-corrected chi connectivity index (χ1v) is 12.6. The van der Waals surface area contributed by atoms with Crippen LogP contribution in [0.2, 0.25) is 5.02 Å². The second-order valence-electron chi connectivity index (χ2n) is 7.85. The molecule has 0 bridgehead atoms. The van der Waals surface area contributed by atoms with Crippen LogP contribution in [0.15, 0.2) is 65.6 Å². The number of hydrogen-bond donors (Lipinski definition) is 2. The first kappa shape index (κ1) is 24.9. The third kappa shape index (κ3) is 6.50. The van der Waals surface area contributed by atoms with E-state index in [-0.39, 0.29) is 23.8 Å². The van der Waals surface area contributed by atoms with E-state index in [1.165, 1.54) is 29.5 Å². The molecule has 1 aliphatic rings. The van der Waals surface area contributed by atoms with Crippen LogP contribution in [0.1, 0.15) is 30.5 Å². The van der Waals surface area contributed by atoms with Crippen LogP contribution in [-0.4, -0.2) is 18.0 Å². The van der Waals surface area contributed by atoms with Crippen molar-refractivity contribution in [3.8, 4) is 11.5 Å². The minimum absolute atomic E-state index is 0.164. The van der Waals surface area contributed by atoms with Crippen LogP contribution in [0, 0.1) is 5.82 Å². The molecule has 1 saturated heterocycles. The number of rotatable bonds is 9. The molecule has 1 amide bonds. The number of halogens is 2. The molecule has 1 fully saturated rings. The topological polar surface area (TPSA) is 59.6 Å². The van der Waals surface area contributed by atoms with Crippen LogP contribution in [0.25, 0.3) is 6.08 Å². The molecule has 1 heterocycles. The zero-order valence-electron chi connectivity index (χ0n) is 19.4. The van der Waals surface area contributed by atoms with E-state index in [9.17, 15) is 9.18 Å². The first-order valence-electron chi connectivity index (χ1n) is 11.3. The van der Waals surface area contributed by atoms with Gasteiger partial charge in [0.15, 0.2) is 17.0 Å². The lowest BCUT2D eigenvalue weighted by Crippen LogP contribution is -2.30. The van der Waals surface area contributed by atoms with Crippen LogP contribution in [0.5, 0.6) is 11.5 Å². The van der Waals surface area contributed by atoms with Gasteiger partial charge in [-0.2, -0.15) is 0 Å². The Bertz CT molecular complexity index is 1220. The van der Waals surface area contributed by atoms with Gasteiger partial charge in [-0.05, 0) is 72.5 Å². The molecule has 0 unspecified atom stereocenters. The maximum Gasteiger partial charge on any atom is 0.260 e. The number of aryl methyl sites for hydroxylation is 1. The average molecular weight is 513 g/mol. The van der Waals surface area contributed by atoms with E-state index in [2.05, 4.69) is 29.7 Å². The van der Waals surface area contributed by atoms with Gasteiger partial charge in [-0.15, -0.1) is 0 Å². The highest BCUT2D eigenvalue weighted by Crippen LogP contribution is 2.39. The summed E-state index contributed by atoms with van der Waals surface area (Å²) in [7, 11) is 0. The normalized spacial score (nSPS) is 16.3. The molecule has 0 aliphatic carbocycles. The van der Waals surface area contributed by atoms with Crippen molar-refractivity contribution in [2.24, 2.45) is 0 Å². The minimum Gasteiger partial charge on any atom is -0.490 e. The van der Waals surface area contributed by atoms with E-state index >= 15 is 0 Å². The predicted molar refractivity (Wildman–Crippen MR) is 140 cm³/mol. The molecule has 1 aliphatic heterocycles. The lowest BCUT2D eigenvalue weighted by molar-refractivity contribution is -0.116. The minimum atomic E-state index is -0.306. The SMILES string of the molecule is CCOc1cc(/C=C2\S[C@@H](Nc3ccc(CC)cc3)NC2=O)cc(Cl)c1OCc1ccc(F)cc1. The van der Waals surface area contributed by atoms with Crippen molar-refractivity contribution in [3.63, 3.8) is 0 Å². The summed E-state index contributed by atoms with van der Waals surface area (Å²) in [4.78, 5) is 13.1. The van der Waals surface area contributed by atoms with Gasteiger partial charge in [-0.3, -0.25) is 4.79 Å². The summed E-state index contributed by atoms with van der Waals surface area (Å²) in [5.74, 6) is 0.407. The molecule has 2 N–H and O–H groups in total. The summed E-state index contributed by atoms with van der Waals surface area (Å²) in [6.07, 6.45) is 2.75. The van der Waals surface area contributed by atoms with E-state index in [0.29, 0.717) is 28.0 Å². The lowest BCUT2D eigenvalue weighted by Gasteiger charge is -2.15. The van der Waals surface area contributed by atoms with E-state index < -0.39 is 0 Å². The van der Waals surface area contributed by atoms with Gasteiger partial charge in [-0.25, -0.2) is 4.39 Å². The van der Waals surface area contributed by atoms with Crippen LogP contribution < -0.4 is 20.1 Å². The number of carbonyl (C=O) groups excluding carboxylic acids is 1. The van der Waals surface area contributed by atoms with Crippen LogP contribution in [-0.2, 0) is 17.8 Å².